The Hall–Kier alpha value is -1.19. The molecule has 1 N–H and O–H groups in total. The topological polar surface area (TPSA) is 12.0 Å². The van der Waals surface area contributed by atoms with Crippen molar-refractivity contribution in [3.63, 3.8) is 0 Å². The minimum absolute atomic E-state index is 0.171. The van der Waals surface area contributed by atoms with Crippen molar-refractivity contribution in [3.05, 3.63) is 29.8 Å². The minimum atomic E-state index is -4.19. The predicted octanol–water partition coefficient (Wildman–Crippen LogP) is 3.96. The van der Waals surface area contributed by atoms with Crippen LogP contribution in [0.3, 0.4) is 0 Å². The van der Waals surface area contributed by atoms with E-state index < -0.39 is 12.7 Å². The highest BCUT2D eigenvalue weighted by Crippen LogP contribution is 2.29. The molecule has 0 heterocycles. The van der Waals surface area contributed by atoms with Crippen LogP contribution in [0.25, 0.3) is 0 Å². The van der Waals surface area contributed by atoms with Crippen LogP contribution in [0.2, 0.25) is 0 Å². The number of nitrogens with one attached hydrogen (secondary N) is 1. The lowest BCUT2D eigenvalue weighted by molar-refractivity contribution is -0.115. The molecule has 4 heteroatoms. The molecular weight excluding hydrogens is 215 g/mol. The molecule has 1 nitrogen and oxygen atoms in total. The first-order valence-corrected chi connectivity index (χ1v) is 5.10. The maximum Gasteiger partial charge on any atom is 0.405 e. The second-order valence-corrected chi connectivity index (χ2v) is 4.76. The molecule has 0 fully saturated rings. The summed E-state index contributed by atoms with van der Waals surface area (Å²) in [6, 6.07) is 7.08. The van der Waals surface area contributed by atoms with Crippen molar-refractivity contribution < 1.29 is 13.2 Å². The Kier molecular flexibility index (Phi) is 3.51. The van der Waals surface area contributed by atoms with Gasteiger partial charge in [0.25, 0.3) is 0 Å². The zero-order chi connectivity index (χ0) is 12.4. The summed E-state index contributed by atoms with van der Waals surface area (Å²) in [7, 11) is 0. The van der Waals surface area contributed by atoms with E-state index in [1.807, 2.05) is 32.9 Å². The average molecular weight is 231 g/mol. The Labute approximate surface area is 93.7 Å². The van der Waals surface area contributed by atoms with Gasteiger partial charge in [0.1, 0.15) is 6.54 Å². The van der Waals surface area contributed by atoms with Gasteiger partial charge in [-0.1, -0.05) is 39.0 Å². The molecular formula is C12H16F3N. The lowest BCUT2D eigenvalue weighted by atomic mass is 9.86. The molecule has 0 atom stereocenters. The number of halogens is 3. The molecule has 1 aromatic carbocycles. The van der Waals surface area contributed by atoms with E-state index >= 15 is 0 Å². The highest BCUT2D eigenvalue weighted by molar-refractivity contribution is 5.54. The summed E-state index contributed by atoms with van der Waals surface area (Å²) >= 11 is 0. The van der Waals surface area contributed by atoms with E-state index in [1.54, 1.807) is 12.1 Å². The normalized spacial score (nSPS) is 12.6. The van der Waals surface area contributed by atoms with Crippen LogP contribution in [0.15, 0.2) is 24.3 Å². The Morgan fingerprint density at radius 3 is 2.12 bits per heavy atom. The highest BCUT2D eigenvalue weighted by atomic mass is 19.4. The van der Waals surface area contributed by atoms with Gasteiger partial charge in [0.05, 0.1) is 0 Å². The number of hydrogen-bond donors (Lipinski definition) is 1. The fourth-order valence-corrected chi connectivity index (χ4v) is 1.49. The van der Waals surface area contributed by atoms with Gasteiger partial charge in [0, 0.05) is 5.69 Å². The van der Waals surface area contributed by atoms with Crippen LogP contribution in [0.1, 0.15) is 26.3 Å². The third-order valence-corrected chi connectivity index (χ3v) is 2.21. The lowest BCUT2D eigenvalue weighted by Gasteiger charge is -2.23. The third-order valence-electron chi connectivity index (χ3n) is 2.21. The quantitative estimate of drug-likeness (QED) is 0.812. The van der Waals surface area contributed by atoms with Crippen molar-refractivity contribution in [2.45, 2.75) is 32.4 Å². The first-order chi connectivity index (χ1) is 7.20. The molecule has 0 radical (unpaired) electrons. The number of hydrogen-bond acceptors (Lipinski definition) is 1. The molecule has 0 bridgehead atoms. The second-order valence-electron chi connectivity index (χ2n) is 4.76. The first-order valence-electron chi connectivity index (χ1n) is 5.10. The van der Waals surface area contributed by atoms with Crippen molar-refractivity contribution >= 4 is 5.69 Å². The monoisotopic (exact) mass is 231 g/mol. The molecule has 0 saturated carbocycles. The van der Waals surface area contributed by atoms with Gasteiger partial charge < -0.3 is 5.32 Å². The van der Waals surface area contributed by atoms with E-state index in [0.29, 0.717) is 5.69 Å². The van der Waals surface area contributed by atoms with Crippen molar-refractivity contribution in [1.82, 2.24) is 0 Å². The van der Waals surface area contributed by atoms with Gasteiger partial charge in [-0.2, -0.15) is 13.2 Å². The van der Waals surface area contributed by atoms with Crippen molar-refractivity contribution in [2.75, 3.05) is 11.9 Å². The van der Waals surface area contributed by atoms with Crippen molar-refractivity contribution in [1.29, 1.82) is 0 Å². The van der Waals surface area contributed by atoms with Crippen LogP contribution >= 0.6 is 0 Å². The van der Waals surface area contributed by atoms with E-state index in [-0.39, 0.29) is 5.41 Å². The summed E-state index contributed by atoms with van der Waals surface area (Å²) in [6.45, 7) is 4.92. The fourth-order valence-electron chi connectivity index (χ4n) is 1.49. The molecule has 1 rings (SSSR count). The van der Waals surface area contributed by atoms with Crippen LogP contribution in [0.5, 0.6) is 0 Å². The average Bonchev–Trinajstić information content (AvgIpc) is 2.12. The standard InChI is InChI=1S/C12H16F3N/c1-11(2,3)9-6-4-5-7-10(9)16-8-12(13,14)15/h4-7,16H,8H2,1-3H3. The molecule has 0 spiro atoms. The smallest absolute Gasteiger partial charge is 0.376 e. The molecule has 0 amide bonds. The van der Waals surface area contributed by atoms with Gasteiger partial charge in [-0.25, -0.2) is 0 Å². The number of rotatable bonds is 2. The Morgan fingerprint density at radius 1 is 1.06 bits per heavy atom. The first kappa shape index (κ1) is 12.9. The van der Waals surface area contributed by atoms with Crippen LogP contribution < -0.4 is 5.32 Å². The largest absolute Gasteiger partial charge is 0.405 e. The Bertz CT molecular complexity index is 350. The van der Waals surface area contributed by atoms with Gasteiger partial charge in [0.15, 0.2) is 0 Å². The van der Waals surface area contributed by atoms with Gasteiger partial charge >= 0.3 is 6.18 Å². The van der Waals surface area contributed by atoms with Crippen LogP contribution in [0.4, 0.5) is 18.9 Å². The molecule has 0 aliphatic rings. The minimum Gasteiger partial charge on any atom is -0.376 e. The lowest BCUT2D eigenvalue weighted by Crippen LogP contribution is -2.23. The van der Waals surface area contributed by atoms with Crippen LogP contribution in [-0.2, 0) is 5.41 Å². The van der Waals surface area contributed by atoms with Gasteiger partial charge in [-0.15, -0.1) is 0 Å². The molecule has 0 aromatic heterocycles. The fraction of sp³-hybridized carbons (Fsp3) is 0.500. The summed E-state index contributed by atoms with van der Waals surface area (Å²) in [5.41, 5.74) is 1.27. The van der Waals surface area contributed by atoms with E-state index in [9.17, 15) is 13.2 Å². The summed E-state index contributed by atoms with van der Waals surface area (Å²) < 4.78 is 36.3. The van der Waals surface area contributed by atoms with Crippen LogP contribution in [-0.4, -0.2) is 12.7 Å². The SMILES string of the molecule is CC(C)(C)c1ccccc1NCC(F)(F)F. The van der Waals surface area contributed by atoms with E-state index in [0.717, 1.165) is 5.56 Å². The predicted molar refractivity (Wildman–Crippen MR) is 59.7 cm³/mol. The molecule has 0 aliphatic heterocycles. The Balaban J connectivity index is 2.88. The van der Waals surface area contributed by atoms with E-state index in [1.165, 1.54) is 0 Å². The van der Waals surface area contributed by atoms with Gasteiger partial charge in [-0.05, 0) is 17.0 Å². The van der Waals surface area contributed by atoms with Crippen molar-refractivity contribution in [2.24, 2.45) is 0 Å². The molecule has 90 valence electrons. The molecule has 16 heavy (non-hydrogen) atoms. The summed E-state index contributed by atoms with van der Waals surface area (Å²) in [5, 5.41) is 2.43. The molecule has 0 aliphatic carbocycles. The van der Waals surface area contributed by atoms with E-state index in [4.69, 9.17) is 0 Å². The van der Waals surface area contributed by atoms with Gasteiger partial charge in [0.2, 0.25) is 0 Å². The van der Waals surface area contributed by atoms with Crippen LogP contribution in [0, 0.1) is 0 Å². The Morgan fingerprint density at radius 2 is 1.62 bits per heavy atom. The van der Waals surface area contributed by atoms with E-state index in [2.05, 4.69) is 5.32 Å². The zero-order valence-corrected chi connectivity index (χ0v) is 9.65. The number of benzene rings is 1. The third kappa shape index (κ3) is 3.76. The highest BCUT2D eigenvalue weighted by Gasteiger charge is 2.27. The maximum absolute atomic E-state index is 12.1. The number of para-hydroxylation sites is 1. The molecule has 0 unspecified atom stereocenters. The molecule has 0 saturated heterocycles. The number of anilines is 1. The molecule has 1 aromatic rings. The maximum atomic E-state index is 12.1. The van der Waals surface area contributed by atoms with Crippen molar-refractivity contribution in [3.8, 4) is 0 Å². The number of alkyl halides is 3. The second kappa shape index (κ2) is 4.36. The summed E-state index contributed by atoms with van der Waals surface area (Å²) in [6.07, 6.45) is -4.19. The summed E-state index contributed by atoms with van der Waals surface area (Å²) in [5.74, 6) is 0. The summed E-state index contributed by atoms with van der Waals surface area (Å²) in [4.78, 5) is 0. The zero-order valence-electron chi connectivity index (χ0n) is 9.65. The van der Waals surface area contributed by atoms with Gasteiger partial charge in [-0.3, -0.25) is 0 Å².